The number of carbonyl (C=O) groups excluding carboxylic acids is 1. The molecule has 1 amide bonds. The molecule has 0 radical (unpaired) electrons. The van der Waals surface area contributed by atoms with E-state index in [9.17, 15) is 13.2 Å². The van der Waals surface area contributed by atoms with Gasteiger partial charge in [-0.1, -0.05) is 36.8 Å². The Morgan fingerprint density at radius 2 is 1.67 bits per heavy atom. The summed E-state index contributed by atoms with van der Waals surface area (Å²) < 4.78 is 28.9. The molecule has 0 unspecified atom stereocenters. The van der Waals surface area contributed by atoms with Crippen LogP contribution in [-0.4, -0.2) is 26.7 Å². The van der Waals surface area contributed by atoms with Gasteiger partial charge < -0.3 is 10.1 Å². The van der Waals surface area contributed by atoms with E-state index in [0.29, 0.717) is 17.2 Å². The lowest BCUT2D eigenvalue weighted by molar-refractivity contribution is -0.123. The molecule has 0 spiro atoms. The predicted octanol–water partition coefficient (Wildman–Crippen LogP) is 2.48. The molecule has 6 heteroatoms. The van der Waals surface area contributed by atoms with E-state index < -0.39 is 9.84 Å². The molecule has 0 aliphatic carbocycles. The largest absolute Gasteiger partial charge is 0.484 e. The number of amides is 1. The number of ether oxygens (including phenoxy) is 1. The molecule has 128 valence electrons. The van der Waals surface area contributed by atoms with Crippen LogP contribution in [0.15, 0.2) is 53.4 Å². The molecule has 0 aromatic heterocycles. The van der Waals surface area contributed by atoms with Gasteiger partial charge in [-0.3, -0.25) is 4.79 Å². The quantitative estimate of drug-likeness (QED) is 0.835. The van der Waals surface area contributed by atoms with Gasteiger partial charge >= 0.3 is 0 Å². The first-order valence-corrected chi connectivity index (χ1v) is 9.34. The zero-order valence-electron chi connectivity index (χ0n) is 13.8. The highest BCUT2D eigenvalue weighted by Crippen LogP contribution is 2.13. The van der Waals surface area contributed by atoms with Gasteiger partial charge in [-0.25, -0.2) is 8.42 Å². The Balaban J connectivity index is 1.82. The lowest BCUT2D eigenvalue weighted by Crippen LogP contribution is -2.28. The number of carbonyl (C=O) groups is 1. The number of rotatable bonds is 7. The van der Waals surface area contributed by atoms with Crippen LogP contribution in [0.3, 0.4) is 0 Å². The standard InChI is InChI=1S/C18H21NO4S/c1-3-24(21,22)17-10-6-15(7-11-17)12-19-18(20)13-23-16-8-4-14(2)5-9-16/h4-11H,3,12-13H2,1-2H3,(H,19,20). The van der Waals surface area contributed by atoms with Gasteiger partial charge in [-0.05, 0) is 36.8 Å². The number of benzene rings is 2. The Kier molecular flexibility index (Phi) is 5.98. The van der Waals surface area contributed by atoms with E-state index in [4.69, 9.17) is 4.74 Å². The Morgan fingerprint density at radius 3 is 2.25 bits per heavy atom. The highest BCUT2D eigenvalue weighted by atomic mass is 32.2. The Hall–Kier alpha value is -2.34. The summed E-state index contributed by atoms with van der Waals surface area (Å²) in [7, 11) is -3.20. The molecule has 1 N–H and O–H groups in total. The first-order valence-electron chi connectivity index (χ1n) is 7.68. The van der Waals surface area contributed by atoms with Crippen LogP contribution in [0.4, 0.5) is 0 Å². The van der Waals surface area contributed by atoms with Crippen LogP contribution in [0.25, 0.3) is 0 Å². The SMILES string of the molecule is CCS(=O)(=O)c1ccc(CNC(=O)COc2ccc(C)cc2)cc1. The van der Waals surface area contributed by atoms with Gasteiger partial charge in [0.15, 0.2) is 16.4 Å². The van der Waals surface area contributed by atoms with Gasteiger partial charge in [0.2, 0.25) is 0 Å². The number of hydrogen-bond acceptors (Lipinski definition) is 4. The zero-order valence-corrected chi connectivity index (χ0v) is 14.6. The summed E-state index contributed by atoms with van der Waals surface area (Å²) in [6, 6.07) is 14.0. The molecule has 0 aliphatic rings. The van der Waals surface area contributed by atoms with Crippen molar-refractivity contribution in [3.05, 3.63) is 59.7 Å². The van der Waals surface area contributed by atoms with E-state index in [0.717, 1.165) is 11.1 Å². The van der Waals surface area contributed by atoms with E-state index in [-0.39, 0.29) is 18.3 Å². The average Bonchev–Trinajstić information content (AvgIpc) is 2.60. The van der Waals surface area contributed by atoms with E-state index in [2.05, 4.69) is 5.32 Å². The third kappa shape index (κ3) is 5.09. The fourth-order valence-electron chi connectivity index (χ4n) is 2.02. The number of aryl methyl sites for hydroxylation is 1. The van der Waals surface area contributed by atoms with Crippen LogP contribution in [-0.2, 0) is 21.2 Å². The second-order valence-electron chi connectivity index (χ2n) is 5.43. The summed E-state index contributed by atoms with van der Waals surface area (Å²) in [6.07, 6.45) is 0. The van der Waals surface area contributed by atoms with E-state index in [1.165, 1.54) is 0 Å². The molecular formula is C18H21NO4S. The molecule has 2 aromatic carbocycles. The lowest BCUT2D eigenvalue weighted by atomic mass is 10.2. The molecule has 0 bridgehead atoms. The van der Waals surface area contributed by atoms with Crippen LogP contribution in [0.5, 0.6) is 5.75 Å². The molecule has 0 saturated carbocycles. The Labute approximate surface area is 142 Å². The number of sulfone groups is 1. The molecule has 2 rings (SSSR count). The summed E-state index contributed by atoms with van der Waals surface area (Å²) in [4.78, 5) is 12.1. The van der Waals surface area contributed by atoms with Crippen molar-refractivity contribution in [2.75, 3.05) is 12.4 Å². The normalized spacial score (nSPS) is 11.1. The first kappa shape index (κ1) is 18.0. The fraction of sp³-hybridized carbons (Fsp3) is 0.278. The van der Waals surface area contributed by atoms with Gasteiger partial charge in [-0.2, -0.15) is 0 Å². The maximum Gasteiger partial charge on any atom is 0.258 e. The summed E-state index contributed by atoms with van der Waals surface area (Å²) in [5, 5.41) is 2.74. The van der Waals surface area contributed by atoms with E-state index >= 15 is 0 Å². The van der Waals surface area contributed by atoms with Crippen LogP contribution < -0.4 is 10.1 Å². The van der Waals surface area contributed by atoms with Crippen molar-refractivity contribution in [1.82, 2.24) is 5.32 Å². The van der Waals surface area contributed by atoms with Crippen molar-refractivity contribution < 1.29 is 17.9 Å². The summed E-state index contributed by atoms with van der Waals surface area (Å²) in [5.74, 6) is 0.477. The molecule has 0 saturated heterocycles. The van der Waals surface area contributed by atoms with E-state index in [1.807, 2.05) is 31.2 Å². The maximum atomic E-state index is 11.8. The van der Waals surface area contributed by atoms with Crippen molar-refractivity contribution in [3.8, 4) is 5.75 Å². The van der Waals surface area contributed by atoms with Crippen LogP contribution in [0.2, 0.25) is 0 Å². The molecule has 2 aromatic rings. The molecular weight excluding hydrogens is 326 g/mol. The molecule has 0 aliphatic heterocycles. The summed E-state index contributed by atoms with van der Waals surface area (Å²) in [6.45, 7) is 3.85. The fourth-order valence-corrected chi connectivity index (χ4v) is 2.90. The smallest absolute Gasteiger partial charge is 0.258 e. The highest BCUT2D eigenvalue weighted by molar-refractivity contribution is 7.91. The minimum absolute atomic E-state index is 0.0641. The highest BCUT2D eigenvalue weighted by Gasteiger charge is 2.11. The molecule has 0 atom stereocenters. The van der Waals surface area contributed by atoms with Crippen molar-refractivity contribution >= 4 is 15.7 Å². The third-order valence-electron chi connectivity index (χ3n) is 3.54. The first-order chi connectivity index (χ1) is 11.4. The van der Waals surface area contributed by atoms with Gasteiger partial charge in [0.1, 0.15) is 5.75 Å². The predicted molar refractivity (Wildman–Crippen MR) is 92.7 cm³/mol. The molecule has 0 fully saturated rings. The second-order valence-corrected chi connectivity index (χ2v) is 7.70. The van der Waals surface area contributed by atoms with Crippen molar-refractivity contribution in [3.63, 3.8) is 0 Å². The van der Waals surface area contributed by atoms with Crippen LogP contribution in [0.1, 0.15) is 18.1 Å². The Morgan fingerprint density at radius 1 is 1.04 bits per heavy atom. The Bertz CT molecular complexity index is 781. The van der Waals surface area contributed by atoms with Gasteiger partial charge in [-0.15, -0.1) is 0 Å². The number of hydrogen-bond donors (Lipinski definition) is 1. The summed E-state index contributed by atoms with van der Waals surface area (Å²) in [5.41, 5.74) is 1.95. The molecule has 5 nitrogen and oxygen atoms in total. The second kappa shape index (κ2) is 7.97. The van der Waals surface area contributed by atoms with Gasteiger partial charge in [0.25, 0.3) is 5.91 Å². The van der Waals surface area contributed by atoms with Crippen LogP contribution >= 0.6 is 0 Å². The summed E-state index contributed by atoms with van der Waals surface area (Å²) >= 11 is 0. The minimum Gasteiger partial charge on any atom is -0.484 e. The zero-order chi connectivity index (χ0) is 17.6. The minimum atomic E-state index is -3.20. The third-order valence-corrected chi connectivity index (χ3v) is 5.29. The van der Waals surface area contributed by atoms with Crippen LogP contribution in [0, 0.1) is 6.92 Å². The number of nitrogens with one attached hydrogen (secondary N) is 1. The molecule has 0 heterocycles. The van der Waals surface area contributed by atoms with Crippen molar-refractivity contribution in [2.45, 2.75) is 25.3 Å². The monoisotopic (exact) mass is 347 g/mol. The maximum absolute atomic E-state index is 11.8. The lowest BCUT2D eigenvalue weighted by Gasteiger charge is -2.08. The topological polar surface area (TPSA) is 72.5 Å². The average molecular weight is 347 g/mol. The van der Waals surface area contributed by atoms with Gasteiger partial charge in [0, 0.05) is 6.54 Å². The van der Waals surface area contributed by atoms with E-state index in [1.54, 1.807) is 31.2 Å². The molecule has 24 heavy (non-hydrogen) atoms. The van der Waals surface area contributed by atoms with Gasteiger partial charge in [0.05, 0.1) is 10.6 Å². The van der Waals surface area contributed by atoms with Crippen molar-refractivity contribution in [2.24, 2.45) is 0 Å². The van der Waals surface area contributed by atoms with Crippen molar-refractivity contribution in [1.29, 1.82) is 0 Å².